The zero-order chi connectivity index (χ0) is 22.0. The third-order valence-electron chi connectivity index (χ3n) is 5.46. The highest BCUT2D eigenvalue weighted by Crippen LogP contribution is 2.44. The maximum absolute atomic E-state index is 13.9. The molecule has 0 spiro atoms. The highest BCUT2D eigenvalue weighted by Gasteiger charge is 2.29. The molecule has 1 aliphatic rings. The van der Waals surface area contributed by atoms with E-state index in [0.717, 1.165) is 28.3 Å². The second-order valence-corrected chi connectivity index (χ2v) is 7.76. The van der Waals surface area contributed by atoms with Crippen LogP contribution in [0.15, 0.2) is 66.7 Å². The summed E-state index contributed by atoms with van der Waals surface area (Å²) >= 11 is 5.91. The molecule has 31 heavy (non-hydrogen) atoms. The Kier molecular flexibility index (Phi) is 6.23. The summed E-state index contributed by atoms with van der Waals surface area (Å²) in [5.74, 6) is -0.828. The molecule has 0 saturated carbocycles. The number of nitrogens with one attached hydrogen (secondary N) is 1. The monoisotopic (exact) mass is 441 g/mol. The van der Waals surface area contributed by atoms with E-state index in [1.54, 1.807) is 0 Å². The van der Waals surface area contributed by atoms with Crippen LogP contribution in [0.25, 0.3) is 11.1 Å². The summed E-state index contributed by atoms with van der Waals surface area (Å²) in [5.41, 5.74) is 4.19. The number of fused-ring (bicyclic) bond motifs is 3. The Morgan fingerprint density at radius 1 is 1.00 bits per heavy atom. The molecule has 2 unspecified atom stereocenters. The molecule has 0 aromatic heterocycles. The van der Waals surface area contributed by atoms with Crippen LogP contribution in [0, 0.1) is 5.82 Å². The van der Waals surface area contributed by atoms with Gasteiger partial charge in [-0.05, 0) is 34.4 Å². The van der Waals surface area contributed by atoms with Gasteiger partial charge in [-0.1, -0.05) is 66.2 Å². The normalized spacial score (nSPS) is 14.5. The molecule has 0 fully saturated rings. The number of benzene rings is 3. The molecule has 3 N–H and O–H groups in total. The van der Waals surface area contributed by atoms with Gasteiger partial charge in [0, 0.05) is 23.0 Å². The Morgan fingerprint density at radius 2 is 1.61 bits per heavy atom. The molecule has 0 heterocycles. The van der Waals surface area contributed by atoms with Gasteiger partial charge in [0.25, 0.3) is 0 Å². The molecular weight excluding hydrogens is 421 g/mol. The number of amides is 1. The fraction of sp³-hybridized carbons (Fsp3) is 0.208. The van der Waals surface area contributed by atoms with Crippen molar-refractivity contribution in [2.75, 3.05) is 13.2 Å². The summed E-state index contributed by atoms with van der Waals surface area (Å²) in [6.45, 7) is -0.208. The topological polar surface area (TPSA) is 78.8 Å². The molecule has 5 nitrogen and oxygen atoms in total. The SMILES string of the molecule is O=C(NCC(O)C(O)c1c(F)cccc1Cl)OCC1c2ccccc2-c2ccccc21. The number of carbonyl (C=O) groups excluding carboxylic acids is 1. The van der Waals surface area contributed by atoms with E-state index in [4.69, 9.17) is 16.3 Å². The summed E-state index contributed by atoms with van der Waals surface area (Å²) in [7, 11) is 0. The molecular formula is C24H21ClFNO4. The largest absolute Gasteiger partial charge is 0.449 e. The van der Waals surface area contributed by atoms with Crippen LogP contribution < -0.4 is 5.32 Å². The molecule has 0 radical (unpaired) electrons. The number of halogens is 2. The second-order valence-electron chi connectivity index (χ2n) is 7.35. The number of aliphatic hydroxyl groups is 2. The lowest BCUT2D eigenvalue weighted by Crippen LogP contribution is -2.36. The van der Waals surface area contributed by atoms with Crippen molar-refractivity contribution < 1.29 is 24.1 Å². The Labute approximate surface area is 184 Å². The maximum Gasteiger partial charge on any atom is 0.407 e. The molecule has 1 aliphatic carbocycles. The van der Waals surface area contributed by atoms with E-state index in [-0.39, 0.29) is 29.7 Å². The number of hydrogen-bond acceptors (Lipinski definition) is 4. The molecule has 7 heteroatoms. The first kappa shape index (κ1) is 21.3. The third kappa shape index (κ3) is 4.28. The third-order valence-corrected chi connectivity index (χ3v) is 5.79. The number of hydrogen-bond donors (Lipinski definition) is 3. The van der Waals surface area contributed by atoms with Gasteiger partial charge in [0.1, 0.15) is 24.6 Å². The highest BCUT2D eigenvalue weighted by atomic mass is 35.5. The van der Waals surface area contributed by atoms with Gasteiger partial charge in [-0.15, -0.1) is 0 Å². The van der Waals surface area contributed by atoms with E-state index >= 15 is 0 Å². The quantitative estimate of drug-likeness (QED) is 0.529. The van der Waals surface area contributed by atoms with E-state index in [0.29, 0.717) is 0 Å². The molecule has 160 valence electrons. The highest BCUT2D eigenvalue weighted by molar-refractivity contribution is 6.31. The van der Waals surface area contributed by atoms with Crippen LogP contribution in [0.5, 0.6) is 0 Å². The van der Waals surface area contributed by atoms with E-state index in [1.807, 2.05) is 48.5 Å². The number of alkyl carbamates (subject to hydrolysis) is 1. The predicted molar refractivity (Wildman–Crippen MR) is 115 cm³/mol. The second kappa shape index (κ2) is 9.06. The van der Waals surface area contributed by atoms with Crippen LogP contribution >= 0.6 is 11.6 Å². The van der Waals surface area contributed by atoms with Crippen molar-refractivity contribution >= 4 is 17.7 Å². The first-order valence-electron chi connectivity index (χ1n) is 9.86. The minimum Gasteiger partial charge on any atom is -0.449 e. The minimum atomic E-state index is -1.59. The Bertz CT molecular complexity index is 1040. The van der Waals surface area contributed by atoms with Crippen molar-refractivity contribution in [1.29, 1.82) is 0 Å². The molecule has 0 aliphatic heterocycles. The van der Waals surface area contributed by atoms with Crippen LogP contribution in [-0.4, -0.2) is 35.6 Å². The fourth-order valence-corrected chi connectivity index (χ4v) is 4.21. The van der Waals surface area contributed by atoms with E-state index in [1.165, 1.54) is 12.1 Å². The molecule has 2 atom stereocenters. The van der Waals surface area contributed by atoms with Crippen molar-refractivity contribution in [1.82, 2.24) is 5.32 Å². The van der Waals surface area contributed by atoms with E-state index in [9.17, 15) is 19.4 Å². The minimum absolute atomic E-state index is 0.00677. The van der Waals surface area contributed by atoms with Gasteiger partial charge >= 0.3 is 6.09 Å². The van der Waals surface area contributed by atoms with Gasteiger partial charge in [-0.2, -0.15) is 0 Å². The van der Waals surface area contributed by atoms with E-state index < -0.39 is 24.1 Å². The summed E-state index contributed by atoms with van der Waals surface area (Å²) < 4.78 is 19.3. The van der Waals surface area contributed by atoms with Crippen LogP contribution in [0.2, 0.25) is 5.02 Å². The first-order chi connectivity index (χ1) is 15.0. The summed E-state index contributed by atoms with van der Waals surface area (Å²) in [4.78, 5) is 12.2. The van der Waals surface area contributed by atoms with Crippen LogP contribution in [0.4, 0.5) is 9.18 Å². The van der Waals surface area contributed by atoms with E-state index in [2.05, 4.69) is 5.32 Å². The molecule has 0 saturated heterocycles. The van der Waals surface area contributed by atoms with Crippen LogP contribution in [-0.2, 0) is 4.74 Å². The Hall–Kier alpha value is -2.93. The van der Waals surface area contributed by atoms with Gasteiger partial charge in [0.05, 0.1) is 0 Å². The van der Waals surface area contributed by atoms with Crippen molar-refractivity contribution in [3.05, 3.63) is 94.3 Å². The van der Waals surface area contributed by atoms with Crippen molar-refractivity contribution in [2.24, 2.45) is 0 Å². The van der Waals surface area contributed by atoms with Gasteiger partial charge in [-0.25, -0.2) is 9.18 Å². The molecule has 3 aromatic rings. The van der Waals surface area contributed by atoms with Crippen LogP contribution in [0.1, 0.15) is 28.7 Å². The smallest absolute Gasteiger partial charge is 0.407 e. The number of aliphatic hydroxyl groups excluding tert-OH is 2. The molecule has 0 bridgehead atoms. The maximum atomic E-state index is 13.9. The van der Waals surface area contributed by atoms with Crippen molar-refractivity contribution in [2.45, 2.75) is 18.1 Å². The molecule has 3 aromatic carbocycles. The average Bonchev–Trinajstić information content (AvgIpc) is 3.09. The molecule has 1 amide bonds. The van der Waals surface area contributed by atoms with Gasteiger partial charge in [-0.3, -0.25) is 0 Å². The van der Waals surface area contributed by atoms with Crippen molar-refractivity contribution in [3.63, 3.8) is 0 Å². The average molecular weight is 442 g/mol. The first-order valence-corrected chi connectivity index (χ1v) is 10.2. The summed E-state index contributed by atoms with van der Waals surface area (Å²) in [6, 6.07) is 19.9. The number of rotatable bonds is 6. The lowest BCUT2D eigenvalue weighted by atomic mass is 9.98. The lowest BCUT2D eigenvalue weighted by molar-refractivity contribution is 0.0166. The Morgan fingerprint density at radius 3 is 2.23 bits per heavy atom. The molecule has 4 rings (SSSR count). The van der Waals surface area contributed by atoms with Crippen LogP contribution in [0.3, 0.4) is 0 Å². The summed E-state index contributed by atoms with van der Waals surface area (Å²) in [5, 5.41) is 22.8. The lowest BCUT2D eigenvalue weighted by Gasteiger charge is -2.20. The van der Waals surface area contributed by atoms with Gasteiger partial charge in [0.2, 0.25) is 0 Å². The van der Waals surface area contributed by atoms with Crippen molar-refractivity contribution in [3.8, 4) is 11.1 Å². The zero-order valence-electron chi connectivity index (χ0n) is 16.5. The standard InChI is InChI=1S/C24H21ClFNO4/c25-19-10-5-11-20(26)22(19)23(29)21(28)12-27-24(30)31-13-18-16-8-3-1-6-14(16)15-7-2-4-9-17(15)18/h1-11,18,21,23,28-29H,12-13H2,(H,27,30). The van der Waals surface area contributed by atoms with Gasteiger partial charge in [0.15, 0.2) is 0 Å². The fourth-order valence-electron chi connectivity index (χ4n) is 3.93. The Balaban J connectivity index is 1.36. The number of carbonyl (C=O) groups is 1. The zero-order valence-corrected chi connectivity index (χ0v) is 17.2. The number of ether oxygens (including phenoxy) is 1. The summed E-state index contributed by atoms with van der Waals surface area (Å²) in [6.07, 6.45) is -3.80. The predicted octanol–water partition coefficient (Wildman–Crippen LogP) is 4.41. The van der Waals surface area contributed by atoms with Gasteiger partial charge < -0.3 is 20.3 Å².